The molecule has 0 saturated carbocycles. The number of nitrogens with zero attached hydrogens (tertiary/aromatic N) is 4. The zero-order chi connectivity index (χ0) is 11.8. The average Bonchev–Trinajstić information content (AvgIpc) is 2.63. The predicted octanol–water partition coefficient (Wildman–Crippen LogP) is 1.42. The molecule has 1 N–H and O–H groups in total. The molecule has 1 fully saturated rings. The topological polar surface area (TPSA) is 57.7 Å². The summed E-state index contributed by atoms with van der Waals surface area (Å²) in [5.74, 6) is 1.57. The molecule has 5 nitrogen and oxygen atoms in total. The van der Waals surface area contributed by atoms with Crippen molar-refractivity contribution in [3.63, 3.8) is 0 Å². The maximum Gasteiger partial charge on any atom is 0.132 e. The molecular weight excluding hydrogens is 214 g/mol. The second-order valence-corrected chi connectivity index (χ2v) is 4.59. The van der Waals surface area contributed by atoms with Gasteiger partial charge in [0.2, 0.25) is 0 Å². The van der Waals surface area contributed by atoms with Crippen molar-refractivity contribution in [2.24, 2.45) is 0 Å². The summed E-state index contributed by atoms with van der Waals surface area (Å²) >= 11 is 0. The van der Waals surface area contributed by atoms with Gasteiger partial charge in [0.05, 0.1) is 6.20 Å². The van der Waals surface area contributed by atoms with Crippen LogP contribution in [0.15, 0.2) is 18.6 Å². The molecule has 3 heterocycles. The van der Waals surface area contributed by atoms with Crippen LogP contribution >= 0.6 is 0 Å². The third kappa shape index (κ3) is 1.77. The van der Waals surface area contributed by atoms with E-state index < -0.39 is 0 Å². The Balaban J connectivity index is 1.71. The first-order valence-electron chi connectivity index (χ1n) is 5.77. The van der Waals surface area contributed by atoms with Crippen molar-refractivity contribution in [2.45, 2.75) is 19.8 Å². The first-order chi connectivity index (χ1) is 8.24. The van der Waals surface area contributed by atoms with Gasteiger partial charge in [-0.1, -0.05) is 0 Å². The summed E-state index contributed by atoms with van der Waals surface area (Å²) in [6.07, 6.45) is 3.51. The van der Waals surface area contributed by atoms with Crippen molar-refractivity contribution >= 4 is 5.82 Å². The SMILES string of the molecule is Cc1cc(N2CC(c3[nH]ncc3C)C2)ncn1. The van der Waals surface area contributed by atoms with Crippen molar-refractivity contribution in [3.8, 4) is 0 Å². The van der Waals surface area contributed by atoms with E-state index in [0.717, 1.165) is 24.6 Å². The van der Waals surface area contributed by atoms with Crippen LogP contribution in [0.3, 0.4) is 0 Å². The van der Waals surface area contributed by atoms with Gasteiger partial charge in [0, 0.05) is 36.5 Å². The number of aryl methyl sites for hydroxylation is 2. The number of hydrogen-bond donors (Lipinski definition) is 1. The monoisotopic (exact) mass is 229 g/mol. The molecule has 5 heteroatoms. The minimum absolute atomic E-state index is 0.549. The van der Waals surface area contributed by atoms with E-state index in [1.807, 2.05) is 19.2 Å². The number of rotatable bonds is 2. The Morgan fingerprint density at radius 3 is 2.76 bits per heavy atom. The molecule has 2 aromatic heterocycles. The fraction of sp³-hybridized carbons (Fsp3) is 0.417. The van der Waals surface area contributed by atoms with Crippen LogP contribution in [0.1, 0.15) is 22.9 Å². The fourth-order valence-electron chi connectivity index (χ4n) is 2.23. The highest BCUT2D eigenvalue weighted by molar-refractivity contribution is 5.44. The molecule has 0 atom stereocenters. The summed E-state index contributed by atoms with van der Waals surface area (Å²) in [5.41, 5.74) is 3.51. The summed E-state index contributed by atoms with van der Waals surface area (Å²) in [5, 5.41) is 7.15. The van der Waals surface area contributed by atoms with E-state index in [1.54, 1.807) is 6.33 Å². The van der Waals surface area contributed by atoms with E-state index in [4.69, 9.17) is 0 Å². The van der Waals surface area contributed by atoms with E-state index in [2.05, 4.69) is 32.0 Å². The Morgan fingerprint density at radius 1 is 1.29 bits per heavy atom. The molecule has 88 valence electrons. The zero-order valence-corrected chi connectivity index (χ0v) is 10.0. The van der Waals surface area contributed by atoms with Crippen molar-refractivity contribution in [2.75, 3.05) is 18.0 Å². The van der Waals surface area contributed by atoms with Crippen LogP contribution < -0.4 is 4.90 Å². The van der Waals surface area contributed by atoms with Gasteiger partial charge >= 0.3 is 0 Å². The maximum absolute atomic E-state index is 4.29. The Kier molecular flexibility index (Phi) is 2.31. The summed E-state index contributed by atoms with van der Waals surface area (Å²) in [7, 11) is 0. The number of aromatic amines is 1. The highest BCUT2D eigenvalue weighted by Crippen LogP contribution is 2.30. The van der Waals surface area contributed by atoms with Gasteiger partial charge in [0.1, 0.15) is 12.1 Å². The van der Waals surface area contributed by atoms with E-state index in [0.29, 0.717) is 5.92 Å². The quantitative estimate of drug-likeness (QED) is 0.846. The highest BCUT2D eigenvalue weighted by atomic mass is 15.3. The van der Waals surface area contributed by atoms with Crippen LogP contribution in [-0.4, -0.2) is 33.3 Å². The lowest BCUT2D eigenvalue weighted by Crippen LogP contribution is -2.46. The fourth-order valence-corrected chi connectivity index (χ4v) is 2.23. The number of hydrogen-bond acceptors (Lipinski definition) is 4. The Hall–Kier alpha value is -1.91. The smallest absolute Gasteiger partial charge is 0.132 e. The van der Waals surface area contributed by atoms with Crippen LogP contribution in [-0.2, 0) is 0 Å². The highest BCUT2D eigenvalue weighted by Gasteiger charge is 2.31. The number of anilines is 1. The largest absolute Gasteiger partial charge is 0.355 e. The molecular formula is C12H15N5. The van der Waals surface area contributed by atoms with Gasteiger partial charge < -0.3 is 4.90 Å². The van der Waals surface area contributed by atoms with Crippen LogP contribution in [0.5, 0.6) is 0 Å². The van der Waals surface area contributed by atoms with Gasteiger partial charge in [0.15, 0.2) is 0 Å². The minimum Gasteiger partial charge on any atom is -0.355 e. The van der Waals surface area contributed by atoms with Crippen LogP contribution in [0.2, 0.25) is 0 Å². The molecule has 0 radical (unpaired) electrons. The molecule has 3 rings (SSSR count). The number of aromatic nitrogens is 4. The minimum atomic E-state index is 0.549. The summed E-state index contributed by atoms with van der Waals surface area (Å²) in [6.45, 7) is 6.08. The average molecular weight is 229 g/mol. The Labute approximate surface area is 99.9 Å². The van der Waals surface area contributed by atoms with Crippen LogP contribution in [0.4, 0.5) is 5.82 Å². The number of H-pyrrole nitrogens is 1. The number of nitrogens with one attached hydrogen (secondary N) is 1. The van der Waals surface area contributed by atoms with Gasteiger partial charge in [-0.15, -0.1) is 0 Å². The molecule has 0 aromatic carbocycles. The van der Waals surface area contributed by atoms with Gasteiger partial charge in [-0.05, 0) is 19.4 Å². The molecule has 0 aliphatic carbocycles. The van der Waals surface area contributed by atoms with Gasteiger partial charge in [-0.3, -0.25) is 5.10 Å². The van der Waals surface area contributed by atoms with Crippen LogP contribution in [0, 0.1) is 13.8 Å². The van der Waals surface area contributed by atoms with Crippen molar-refractivity contribution in [3.05, 3.63) is 35.5 Å². The summed E-state index contributed by atoms with van der Waals surface area (Å²) < 4.78 is 0. The summed E-state index contributed by atoms with van der Waals surface area (Å²) in [6, 6.07) is 2.02. The van der Waals surface area contributed by atoms with E-state index in [-0.39, 0.29) is 0 Å². The third-order valence-corrected chi connectivity index (χ3v) is 3.27. The molecule has 0 unspecified atom stereocenters. The second-order valence-electron chi connectivity index (χ2n) is 4.59. The van der Waals surface area contributed by atoms with E-state index >= 15 is 0 Å². The molecule has 1 aliphatic heterocycles. The standard InChI is InChI=1S/C12H15N5/c1-8-4-15-16-12(8)10-5-17(6-10)11-3-9(2)13-7-14-11/h3-4,7,10H,5-6H2,1-2H3,(H,15,16). The molecule has 0 bridgehead atoms. The van der Waals surface area contributed by atoms with Gasteiger partial charge in [-0.25, -0.2) is 9.97 Å². The van der Waals surface area contributed by atoms with E-state index in [1.165, 1.54) is 11.3 Å². The Morgan fingerprint density at radius 2 is 2.12 bits per heavy atom. The molecule has 1 aliphatic rings. The first-order valence-corrected chi connectivity index (χ1v) is 5.77. The van der Waals surface area contributed by atoms with Gasteiger partial charge in [0.25, 0.3) is 0 Å². The predicted molar refractivity (Wildman–Crippen MR) is 65.0 cm³/mol. The van der Waals surface area contributed by atoms with Crippen molar-refractivity contribution in [1.29, 1.82) is 0 Å². The maximum atomic E-state index is 4.29. The molecule has 2 aromatic rings. The lowest BCUT2D eigenvalue weighted by molar-refractivity contribution is 0.505. The Bertz CT molecular complexity index is 527. The lowest BCUT2D eigenvalue weighted by atomic mass is 9.94. The molecule has 0 amide bonds. The lowest BCUT2D eigenvalue weighted by Gasteiger charge is -2.39. The first kappa shape index (κ1) is 10.3. The zero-order valence-electron chi connectivity index (χ0n) is 10.0. The van der Waals surface area contributed by atoms with Gasteiger partial charge in [-0.2, -0.15) is 5.10 Å². The molecule has 1 saturated heterocycles. The summed E-state index contributed by atoms with van der Waals surface area (Å²) in [4.78, 5) is 10.7. The van der Waals surface area contributed by atoms with Crippen molar-refractivity contribution < 1.29 is 0 Å². The van der Waals surface area contributed by atoms with Crippen LogP contribution in [0.25, 0.3) is 0 Å². The normalized spacial score (nSPS) is 16.0. The second kappa shape index (κ2) is 3.84. The van der Waals surface area contributed by atoms with E-state index in [9.17, 15) is 0 Å². The molecule has 17 heavy (non-hydrogen) atoms. The third-order valence-electron chi connectivity index (χ3n) is 3.27. The van der Waals surface area contributed by atoms with Crippen molar-refractivity contribution in [1.82, 2.24) is 20.2 Å². The molecule has 0 spiro atoms.